The molecule has 23 heavy (non-hydrogen) atoms. The maximum absolute atomic E-state index is 12.7. The highest BCUT2D eigenvalue weighted by Gasteiger charge is 2.54. The fraction of sp³-hybridized carbons (Fsp3) is 0.588. The van der Waals surface area contributed by atoms with Crippen molar-refractivity contribution >= 4 is 11.8 Å². The molecule has 124 valence electrons. The normalized spacial score (nSPS) is 33.7. The van der Waals surface area contributed by atoms with Crippen LogP contribution in [0.5, 0.6) is 0 Å². The van der Waals surface area contributed by atoms with Gasteiger partial charge in [0.2, 0.25) is 5.91 Å². The van der Waals surface area contributed by atoms with Crippen molar-refractivity contribution in [3.63, 3.8) is 0 Å². The van der Waals surface area contributed by atoms with Crippen molar-refractivity contribution in [3.8, 4) is 0 Å². The van der Waals surface area contributed by atoms with E-state index >= 15 is 0 Å². The topological polar surface area (TPSA) is 71.1 Å². The molecule has 4 aliphatic carbocycles. The van der Waals surface area contributed by atoms with Crippen LogP contribution < -0.4 is 23.3 Å². The Morgan fingerprint density at radius 2 is 1.48 bits per heavy atom. The average Bonchev–Trinajstić information content (AvgIpc) is 2.51. The smallest absolute Gasteiger partial charge is 0.269 e. The number of nitrogens with zero attached hydrogens (tertiary/aromatic N) is 1. The van der Waals surface area contributed by atoms with Gasteiger partial charge in [-0.25, -0.2) is 0 Å². The monoisotopic (exact) mass is 334 g/mol. The minimum Gasteiger partial charge on any atom is -1.00 e. The number of aromatic nitrogens is 1. The number of nitrogens with one attached hydrogen (secondary N) is 2. The highest BCUT2D eigenvalue weighted by atomic mass is 35.5. The van der Waals surface area contributed by atoms with Crippen LogP contribution >= 0.6 is 0 Å². The Bertz CT molecular complexity index is 570. The fourth-order valence-corrected chi connectivity index (χ4v) is 5.21. The molecule has 0 atom stereocenters. The second-order valence-electron chi connectivity index (χ2n) is 7.34. The number of hydrogen-bond donors (Lipinski definition) is 2. The minimum absolute atomic E-state index is 0. The van der Waals surface area contributed by atoms with Gasteiger partial charge in [0.05, 0.1) is 5.41 Å². The Kier molecular flexibility index (Phi) is 4.32. The molecule has 0 aromatic carbocycles. The van der Waals surface area contributed by atoms with E-state index in [4.69, 9.17) is 0 Å². The lowest BCUT2D eigenvalue weighted by molar-refractivity contribution is -0.147. The highest BCUT2D eigenvalue weighted by Crippen LogP contribution is 2.59. The van der Waals surface area contributed by atoms with Gasteiger partial charge < -0.3 is 12.4 Å². The number of amides is 2. The summed E-state index contributed by atoms with van der Waals surface area (Å²) in [4.78, 5) is 28.6. The summed E-state index contributed by atoms with van der Waals surface area (Å²) >= 11 is 0. The van der Waals surface area contributed by atoms with Crippen molar-refractivity contribution in [2.24, 2.45) is 23.2 Å². The maximum Gasteiger partial charge on any atom is 0.269 e. The zero-order chi connectivity index (χ0) is 15.2. The Balaban J connectivity index is 0.00000156. The van der Waals surface area contributed by atoms with Crippen LogP contribution in [0.1, 0.15) is 48.9 Å². The van der Waals surface area contributed by atoms with Crippen molar-refractivity contribution < 1.29 is 22.0 Å². The summed E-state index contributed by atoms with van der Waals surface area (Å²) in [5.41, 5.74) is 5.50. The molecular formula is C17H21ClN3O2-. The predicted molar refractivity (Wildman–Crippen MR) is 80.5 cm³/mol. The molecule has 4 bridgehead atoms. The van der Waals surface area contributed by atoms with Crippen LogP contribution in [-0.2, 0) is 4.79 Å². The minimum atomic E-state index is -0.291. The SMILES string of the molecule is O=C(NNC(=O)C12CC3CC(CC(C3)C1)C2)c1ccncc1.[Cl-]. The third-order valence-corrected chi connectivity index (χ3v) is 5.75. The fourth-order valence-electron chi connectivity index (χ4n) is 5.21. The van der Waals surface area contributed by atoms with Crippen LogP contribution in [0.3, 0.4) is 0 Å². The zero-order valence-corrected chi connectivity index (χ0v) is 13.7. The van der Waals surface area contributed by atoms with E-state index in [1.54, 1.807) is 24.5 Å². The average molecular weight is 335 g/mol. The Morgan fingerprint density at radius 1 is 0.957 bits per heavy atom. The van der Waals surface area contributed by atoms with Gasteiger partial charge in [0.1, 0.15) is 0 Å². The third-order valence-electron chi connectivity index (χ3n) is 5.75. The lowest BCUT2D eigenvalue weighted by atomic mass is 9.49. The molecule has 4 saturated carbocycles. The molecular weight excluding hydrogens is 314 g/mol. The van der Waals surface area contributed by atoms with Crippen molar-refractivity contribution in [1.82, 2.24) is 15.8 Å². The van der Waals surface area contributed by atoms with Gasteiger partial charge in [-0.05, 0) is 68.4 Å². The zero-order valence-electron chi connectivity index (χ0n) is 12.9. The molecule has 1 aromatic rings. The standard InChI is InChI=1S/C17H21N3O2.ClH/c21-15(14-1-3-18-4-2-14)19-20-16(22)17-8-11-5-12(9-17)7-13(6-11)10-17;/h1-4,11-13H,5-10H2,(H,19,21)(H,20,22);1H/p-1. The molecule has 1 heterocycles. The van der Waals surface area contributed by atoms with Crippen LogP contribution in [0, 0.1) is 23.2 Å². The Labute approximate surface area is 142 Å². The molecule has 0 aliphatic heterocycles. The largest absolute Gasteiger partial charge is 1.00 e. The van der Waals surface area contributed by atoms with Gasteiger partial charge in [-0.3, -0.25) is 25.4 Å². The number of carbonyl (C=O) groups is 2. The van der Waals surface area contributed by atoms with Gasteiger partial charge in [0.25, 0.3) is 5.91 Å². The first-order valence-corrected chi connectivity index (χ1v) is 8.15. The van der Waals surface area contributed by atoms with Crippen LogP contribution in [0.25, 0.3) is 0 Å². The van der Waals surface area contributed by atoms with E-state index in [1.165, 1.54) is 19.3 Å². The van der Waals surface area contributed by atoms with E-state index < -0.39 is 0 Å². The molecule has 6 heteroatoms. The van der Waals surface area contributed by atoms with E-state index in [0.717, 1.165) is 19.3 Å². The number of rotatable bonds is 2. The molecule has 0 unspecified atom stereocenters. The molecule has 2 amide bonds. The summed E-state index contributed by atoms with van der Waals surface area (Å²) in [6.07, 6.45) is 10.0. The van der Waals surface area contributed by atoms with Gasteiger partial charge in [-0.1, -0.05) is 0 Å². The quantitative estimate of drug-likeness (QED) is 0.686. The summed E-state index contributed by atoms with van der Waals surface area (Å²) in [7, 11) is 0. The van der Waals surface area contributed by atoms with Crippen LogP contribution in [0.2, 0.25) is 0 Å². The second kappa shape index (κ2) is 6.11. The second-order valence-corrected chi connectivity index (χ2v) is 7.34. The van der Waals surface area contributed by atoms with Crippen molar-refractivity contribution in [2.75, 3.05) is 0 Å². The molecule has 0 saturated heterocycles. The molecule has 0 radical (unpaired) electrons. The number of hydrogen-bond acceptors (Lipinski definition) is 3. The lowest BCUT2D eigenvalue weighted by Crippen LogP contribution is -3.00. The number of pyridine rings is 1. The van der Waals surface area contributed by atoms with E-state index in [-0.39, 0.29) is 29.6 Å². The van der Waals surface area contributed by atoms with E-state index in [9.17, 15) is 9.59 Å². The van der Waals surface area contributed by atoms with Crippen molar-refractivity contribution in [3.05, 3.63) is 30.1 Å². The Hall–Kier alpha value is -1.62. The molecule has 4 fully saturated rings. The molecule has 2 N–H and O–H groups in total. The summed E-state index contributed by atoms with van der Waals surface area (Å²) in [6, 6.07) is 3.26. The summed E-state index contributed by atoms with van der Waals surface area (Å²) < 4.78 is 0. The molecule has 5 rings (SSSR count). The highest BCUT2D eigenvalue weighted by molar-refractivity contribution is 5.95. The van der Waals surface area contributed by atoms with E-state index in [0.29, 0.717) is 23.3 Å². The molecule has 4 aliphatic rings. The Morgan fingerprint density at radius 3 is 2.00 bits per heavy atom. The van der Waals surface area contributed by atoms with E-state index in [2.05, 4.69) is 15.8 Å². The number of carbonyl (C=O) groups excluding carboxylic acids is 2. The maximum atomic E-state index is 12.7. The number of halogens is 1. The van der Waals surface area contributed by atoms with Crippen LogP contribution in [0.15, 0.2) is 24.5 Å². The summed E-state index contributed by atoms with van der Waals surface area (Å²) in [5, 5.41) is 0. The van der Waals surface area contributed by atoms with Gasteiger partial charge in [-0.2, -0.15) is 0 Å². The van der Waals surface area contributed by atoms with Crippen molar-refractivity contribution in [2.45, 2.75) is 38.5 Å². The number of hydrazine groups is 1. The van der Waals surface area contributed by atoms with Gasteiger partial charge >= 0.3 is 0 Å². The summed E-state index contributed by atoms with van der Waals surface area (Å²) in [5.74, 6) is 1.86. The van der Waals surface area contributed by atoms with Gasteiger partial charge in [-0.15, -0.1) is 0 Å². The molecule has 1 aromatic heterocycles. The first-order chi connectivity index (χ1) is 10.6. The molecule has 5 nitrogen and oxygen atoms in total. The predicted octanol–water partition coefficient (Wildman–Crippen LogP) is -0.937. The first-order valence-electron chi connectivity index (χ1n) is 8.15. The summed E-state index contributed by atoms with van der Waals surface area (Å²) in [6.45, 7) is 0. The van der Waals surface area contributed by atoms with Crippen LogP contribution in [-0.4, -0.2) is 16.8 Å². The van der Waals surface area contributed by atoms with Gasteiger partial charge in [0.15, 0.2) is 0 Å². The first kappa shape index (κ1) is 16.2. The van der Waals surface area contributed by atoms with Gasteiger partial charge in [0, 0.05) is 18.0 Å². The van der Waals surface area contributed by atoms with Crippen molar-refractivity contribution in [1.29, 1.82) is 0 Å². The van der Waals surface area contributed by atoms with Crippen LogP contribution in [0.4, 0.5) is 0 Å². The van der Waals surface area contributed by atoms with E-state index in [1.807, 2.05) is 0 Å². The molecule has 0 spiro atoms. The lowest BCUT2D eigenvalue weighted by Gasteiger charge is -2.55. The third kappa shape index (κ3) is 2.94.